The van der Waals surface area contributed by atoms with Crippen molar-refractivity contribution in [1.82, 2.24) is 0 Å². The highest BCUT2D eigenvalue weighted by molar-refractivity contribution is 6.08. The molecule has 0 saturated carbocycles. The fourth-order valence-electron chi connectivity index (χ4n) is 2.40. The van der Waals surface area contributed by atoms with E-state index in [2.05, 4.69) is 0 Å². The first kappa shape index (κ1) is 16.1. The molecular weight excluding hydrogens is 284 g/mol. The van der Waals surface area contributed by atoms with Crippen molar-refractivity contribution in [2.75, 3.05) is 10.6 Å². The Morgan fingerprint density at radius 1 is 1.32 bits per heavy atom. The molecule has 120 valence electrons. The first-order chi connectivity index (χ1) is 10.1. The lowest BCUT2D eigenvalue weighted by Crippen LogP contribution is -2.57. The third kappa shape index (κ3) is 2.73. The molecule has 1 aromatic carbocycles. The molecule has 2 rings (SSSR count). The number of fused-ring (bicyclic) bond motifs is 1. The van der Waals surface area contributed by atoms with Gasteiger partial charge in [0.2, 0.25) is 0 Å². The van der Waals surface area contributed by atoms with Crippen molar-refractivity contribution in [1.29, 1.82) is 0 Å². The lowest BCUT2D eigenvalue weighted by atomic mass is 10.0. The maximum atomic E-state index is 12.7. The molecule has 1 aromatic rings. The summed E-state index contributed by atoms with van der Waals surface area (Å²) in [4.78, 5) is 26.3. The van der Waals surface area contributed by atoms with Crippen LogP contribution in [0.4, 0.5) is 11.4 Å². The van der Waals surface area contributed by atoms with Gasteiger partial charge in [0.05, 0.1) is 11.8 Å². The van der Waals surface area contributed by atoms with Crippen molar-refractivity contribution in [2.45, 2.75) is 52.4 Å². The fraction of sp³-hybridized carbons (Fsp3) is 0.500. The van der Waals surface area contributed by atoms with Crippen LogP contribution in [0.5, 0.6) is 5.75 Å². The zero-order chi connectivity index (χ0) is 16.7. The van der Waals surface area contributed by atoms with Crippen LogP contribution >= 0.6 is 0 Å². The number of carbonyl (C=O) groups is 2. The van der Waals surface area contributed by atoms with E-state index in [4.69, 9.17) is 15.2 Å². The van der Waals surface area contributed by atoms with Gasteiger partial charge in [0, 0.05) is 0 Å². The van der Waals surface area contributed by atoms with Crippen LogP contribution in [-0.4, -0.2) is 29.6 Å². The summed E-state index contributed by atoms with van der Waals surface area (Å²) in [7, 11) is 0. The lowest BCUT2D eigenvalue weighted by molar-refractivity contribution is -0.151. The molecule has 0 bridgehead atoms. The number of hydrogen-bond acceptors (Lipinski definition) is 5. The molecule has 0 spiro atoms. The maximum Gasteiger partial charge on any atom is 0.329 e. The highest BCUT2D eigenvalue weighted by atomic mass is 16.5. The number of carbonyl (C=O) groups excluding carboxylic acids is 2. The minimum absolute atomic E-state index is 0.258. The summed E-state index contributed by atoms with van der Waals surface area (Å²) in [6.07, 6.45) is -0.258. The topological polar surface area (TPSA) is 81.9 Å². The SMILES string of the molecule is CC(C)OC(=O)C(C)N1C(=O)C(C)(C)Oc2cccc(N)c21. The molecule has 6 nitrogen and oxygen atoms in total. The first-order valence-corrected chi connectivity index (χ1v) is 7.27. The van der Waals surface area contributed by atoms with Gasteiger partial charge < -0.3 is 15.2 Å². The molecule has 0 aliphatic carbocycles. The molecule has 22 heavy (non-hydrogen) atoms. The molecule has 6 heteroatoms. The van der Waals surface area contributed by atoms with Gasteiger partial charge in [-0.1, -0.05) is 6.07 Å². The summed E-state index contributed by atoms with van der Waals surface area (Å²) in [5.74, 6) is -0.324. The van der Waals surface area contributed by atoms with Crippen LogP contribution in [0.1, 0.15) is 34.6 Å². The summed E-state index contributed by atoms with van der Waals surface area (Å²) < 4.78 is 11.0. The Bertz CT molecular complexity index is 610. The second kappa shape index (κ2) is 5.51. The molecule has 1 aliphatic rings. The van der Waals surface area contributed by atoms with Crippen molar-refractivity contribution in [3.8, 4) is 5.75 Å². The molecular formula is C16H22N2O4. The molecule has 1 amide bonds. The van der Waals surface area contributed by atoms with E-state index < -0.39 is 17.6 Å². The lowest BCUT2D eigenvalue weighted by Gasteiger charge is -2.41. The number of para-hydroxylation sites is 1. The van der Waals surface area contributed by atoms with E-state index >= 15 is 0 Å². The van der Waals surface area contributed by atoms with Gasteiger partial charge >= 0.3 is 5.97 Å². The van der Waals surface area contributed by atoms with Gasteiger partial charge in [0.25, 0.3) is 5.91 Å². The predicted octanol–water partition coefficient (Wildman–Crippen LogP) is 2.11. The van der Waals surface area contributed by atoms with Crippen LogP contribution in [0.25, 0.3) is 0 Å². The smallest absolute Gasteiger partial charge is 0.329 e. The van der Waals surface area contributed by atoms with Gasteiger partial charge in [0.1, 0.15) is 17.5 Å². The molecule has 0 aromatic heterocycles. The van der Waals surface area contributed by atoms with Gasteiger partial charge in [-0.2, -0.15) is 0 Å². The van der Waals surface area contributed by atoms with Crippen molar-refractivity contribution >= 4 is 23.3 Å². The molecule has 1 atom stereocenters. The Kier molecular flexibility index (Phi) is 4.04. The summed E-state index contributed by atoms with van der Waals surface area (Å²) in [6, 6.07) is 4.35. The second-order valence-electron chi connectivity index (χ2n) is 6.14. The summed E-state index contributed by atoms with van der Waals surface area (Å²) in [5.41, 5.74) is 5.72. The van der Waals surface area contributed by atoms with Crippen molar-refractivity contribution in [3.05, 3.63) is 18.2 Å². The van der Waals surface area contributed by atoms with E-state index in [1.54, 1.807) is 52.8 Å². The van der Waals surface area contributed by atoms with Gasteiger partial charge in [-0.15, -0.1) is 0 Å². The van der Waals surface area contributed by atoms with E-state index in [-0.39, 0.29) is 12.0 Å². The zero-order valence-electron chi connectivity index (χ0n) is 13.5. The Labute approximate surface area is 130 Å². The number of rotatable bonds is 3. The van der Waals surface area contributed by atoms with E-state index in [0.717, 1.165) is 0 Å². The summed E-state index contributed by atoms with van der Waals surface area (Å²) in [6.45, 7) is 8.47. The van der Waals surface area contributed by atoms with Crippen LogP contribution in [0.3, 0.4) is 0 Å². The van der Waals surface area contributed by atoms with E-state index in [0.29, 0.717) is 17.1 Å². The average Bonchev–Trinajstić information content (AvgIpc) is 2.39. The average molecular weight is 306 g/mol. The monoisotopic (exact) mass is 306 g/mol. The number of nitrogens with two attached hydrogens (primary N) is 1. The van der Waals surface area contributed by atoms with E-state index in [9.17, 15) is 9.59 Å². The zero-order valence-corrected chi connectivity index (χ0v) is 13.5. The van der Waals surface area contributed by atoms with E-state index in [1.807, 2.05) is 0 Å². The second-order valence-corrected chi connectivity index (χ2v) is 6.14. The number of benzene rings is 1. The van der Waals surface area contributed by atoms with E-state index in [1.165, 1.54) is 4.90 Å². The number of ether oxygens (including phenoxy) is 2. The highest BCUT2D eigenvalue weighted by Gasteiger charge is 2.45. The minimum Gasteiger partial charge on any atom is -0.476 e. The summed E-state index contributed by atoms with van der Waals surface area (Å²) in [5, 5.41) is 0. The van der Waals surface area contributed by atoms with Crippen molar-refractivity contribution in [2.24, 2.45) is 0 Å². The Morgan fingerprint density at radius 2 is 1.95 bits per heavy atom. The number of hydrogen-bond donors (Lipinski definition) is 1. The number of nitrogen functional groups attached to an aromatic ring is 1. The molecule has 1 aliphatic heterocycles. The number of anilines is 2. The third-order valence-corrected chi connectivity index (χ3v) is 3.45. The Hall–Kier alpha value is -2.24. The van der Waals surface area contributed by atoms with Crippen LogP contribution in [0.2, 0.25) is 0 Å². The van der Waals surface area contributed by atoms with Gasteiger partial charge in [-0.05, 0) is 46.8 Å². The maximum absolute atomic E-state index is 12.7. The largest absolute Gasteiger partial charge is 0.476 e. The molecule has 0 radical (unpaired) electrons. The minimum atomic E-state index is -1.08. The molecule has 0 saturated heterocycles. The van der Waals surface area contributed by atoms with Crippen LogP contribution in [0.15, 0.2) is 18.2 Å². The summed E-state index contributed by atoms with van der Waals surface area (Å²) >= 11 is 0. The standard InChI is InChI=1S/C16H22N2O4/c1-9(2)21-14(19)10(3)18-13-11(17)7-6-8-12(13)22-16(4,5)15(18)20/h6-10H,17H2,1-5H3. The Balaban J connectivity index is 2.49. The van der Waals surface area contributed by atoms with Gasteiger partial charge in [-0.25, -0.2) is 4.79 Å². The quantitative estimate of drug-likeness (QED) is 0.683. The molecule has 0 fully saturated rings. The van der Waals surface area contributed by atoms with Crippen LogP contribution in [-0.2, 0) is 14.3 Å². The van der Waals surface area contributed by atoms with Gasteiger partial charge in [0.15, 0.2) is 5.60 Å². The fourth-order valence-corrected chi connectivity index (χ4v) is 2.40. The first-order valence-electron chi connectivity index (χ1n) is 7.27. The van der Waals surface area contributed by atoms with Crippen molar-refractivity contribution in [3.63, 3.8) is 0 Å². The molecule has 1 heterocycles. The normalized spacial score (nSPS) is 17.7. The third-order valence-electron chi connectivity index (χ3n) is 3.45. The number of nitrogens with zero attached hydrogens (tertiary/aromatic N) is 1. The number of esters is 1. The Morgan fingerprint density at radius 3 is 2.55 bits per heavy atom. The van der Waals surface area contributed by atoms with Crippen LogP contribution in [0, 0.1) is 0 Å². The van der Waals surface area contributed by atoms with Crippen molar-refractivity contribution < 1.29 is 19.1 Å². The number of amides is 1. The molecule has 1 unspecified atom stereocenters. The van der Waals surface area contributed by atoms with Gasteiger partial charge in [-0.3, -0.25) is 9.69 Å². The van der Waals surface area contributed by atoms with Crippen LogP contribution < -0.4 is 15.4 Å². The molecule has 2 N–H and O–H groups in total. The highest BCUT2D eigenvalue weighted by Crippen LogP contribution is 2.42. The predicted molar refractivity (Wildman–Crippen MR) is 83.7 cm³/mol.